The number of nitrogens with one attached hydrogen (secondary N) is 1. The molecule has 45 heavy (non-hydrogen) atoms. The van der Waals surface area contributed by atoms with Crippen LogP contribution in [-0.2, 0) is 34.2 Å². The van der Waals surface area contributed by atoms with Crippen molar-refractivity contribution in [2.45, 2.75) is 38.2 Å². The molecule has 0 radical (unpaired) electrons. The van der Waals surface area contributed by atoms with Gasteiger partial charge in [0.05, 0.1) is 15.9 Å². The Kier molecular flexibility index (Phi) is 9.49. The van der Waals surface area contributed by atoms with Crippen molar-refractivity contribution in [2.24, 2.45) is 5.73 Å². The number of carbonyl (C=O) groups excluding carboxylic acids is 1. The van der Waals surface area contributed by atoms with Crippen LogP contribution in [0.1, 0.15) is 35.3 Å². The normalized spacial score (nSPS) is 12.6. The first kappa shape index (κ1) is 32.8. The van der Waals surface area contributed by atoms with Gasteiger partial charge in [-0.3, -0.25) is 9.52 Å². The summed E-state index contributed by atoms with van der Waals surface area (Å²) >= 11 is 11.6. The molecule has 3 N–H and O–H groups in total. The Hall–Kier alpha value is -3.59. The fraction of sp³-hybridized carbons (Fsp3) is 0.200. The molecule has 3 aromatic heterocycles. The molecule has 0 unspecified atom stereocenters. The molecule has 0 bridgehead atoms. The first-order chi connectivity index (χ1) is 21.3. The van der Waals surface area contributed by atoms with Crippen molar-refractivity contribution in [3.63, 3.8) is 0 Å². The number of halogens is 5. The Labute approximate surface area is 273 Å². The smallest absolute Gasteiger partial charge is 0.455 e. The molecule has 1 amide bonds. The van der Waals surface area contributed by atoms with Gasteiger partial charge in [-0.05, 0) is 69.7 Å². The summed E-state index contributed by atoms with van der Waals surface area (Å²) < 4.78 is 72.9. The van der Waals surface area contributed by atoms with Crippen molar-refractivity contribution in [1.29, 1.82) is 0 Å². The Morgan fingerprint density at radius 3 is 2.62 bits per heavy atom. The highest BCUT2D eigenvalue weighted by Crippen LogP contribution is 2.42. The average molecular weight is 742 g/mol. The zero-order valence-electron chi connectivity index (χ0n) is 23.5. The topological polar surface area (TPSA) is 120 Å². The van der Waals surface area contributed by atoms with Crippen LogP contribution in [0.25, 0.3) is 28.4 Å². The van der Waals surface area contributed by atoms with Crippen LogP contribution in [0.2, 0.25) is 5.15 Å². The maximum atomic E-state index is 13.1. The molecular weight excluding hydrogens is 717 g/mol. The number of nitrogens with zero attached hydrogens (tertiary/aromatic N) is 2. The lowest BCUT2D eigenvalue weighted by molar-refractivity contribution is -0.114. The van der Waals surface area contributed by atoms with Gasteiger partial charge < -0.3 is 14.7 Å². The third-order valence-electron chi connectivity index (χ3n) is 6.84. The number of hydrogen-bond acceptors (Lipinski definition) is 6. The van der Waals surface area contributed by atoms with Gasteiger partial charge in [0.25, 0.3) is 0 Å². The summed E-state index contributed by atoms with van der Waals surface area (Å²) in [6, 6.07) is 14.8. The molecule has 15 heteroatoms. The van der Waals surface area contributed by atoms with Gasteiger partial charge in [-0.25, -0.2) is 4.98 Å². The van der Waals surface area contributed by atoms with Crippen molar-refractivity contribution in [1.82, 2.24) is 9.55 Å². The lowest BCUT2D eigenvalue weighted by Crippen LogP contribution is -2.30. The molecule has 0 aliphatic rings. The van der Waals surface area contributed by atoms with Crippen LogP contribution in [0.5, 0.6) is 0 Å². The lowest BCUT2D eigenvalue weighted by Gasteiger charge is -2.13. The monoisotopic (exact) mass is 740 g/mol. The number of amides is 1. The van der Waals surface area contributed by atoms with E-state index in [4.69, 9.17) is 21.8 Å². The van der Waals surface area contributed by atoms with Gasteiger partial charge in [-0.2, -0.15) is 21.6 Å². The summed E-state index contributed by atoms with van der Waals surface area (Å²) in [5.41, 5.74) is 2.18. The van der Waals surface area contributed by atoms with Crippen molar-refractivity contribution in [3.8, 4) is 11.3 Å². The van der Waals surface area contributed by atoms with Crippen LogP contribution < -0.4 is 10.5 Å². The maximum Gasteiger partial charge on any atom is 0.516 e. The third-order valence-corrected chi connectivity index (χ3v) is 9.88. The van der Waals surface area contributed by atoms with Gasteiger partial charge in [0, 0.05) is 40.8 Å². The molecule has 0 spiro atoms. The van der Waals surface area contributed by atoms with Crippen LogP contribution in [0.4, 0.5) is 18.9 Å². The minimum atomic E-state index is -5.67. The highest BCUT2D eigenvalue weighted by Gasteiger charge is 2.46. The molecule has 236 valence electrons. The Balaban J connectivity index is 1.54. The van der Waals surface area contributed by atoms with Gasteiger partial charge in [0.2, 0.25) is 5.91 Å². The number of imidazole rings is 1. The first-order valence-corrected chi connectivity index (χ1v) is 17.0. The fourth-order valence-electron chi connectivity index (χ4n) is 4.73. The maximum absolute atomic E-state index is 13.1. The van der Waals surface area contributed by atoms with E-state index < -0.39 is 21.4 Å². The van der Waals surface area contributed by atoms with Crippen LogP contribution in [0, 0.1) is 0 Å². The Morgan fingerprint density at radius 1 is 1.20 bits per heavy atom. The van der Waals surface area contributed by atoms with Gasteiger partial charge in [0.1, 0.15) is 11.4 Å². The van der Waals surface area contributed by atoms with E-state index in [1.165, 1.54) is 29.5 Å². The first-order valence-electron chi connectivity index (χ1n) is 13.5. The number of anilines is 1. The van der Waals surface area contributed by atoms with Gasteiger partial charge in [0.15, 0.2) is 10.9 Å². The zero-order chi connectivity index (χ0) is 32.5. The van der Waals surface area contributed by atoms with Crippen LogP contribution >= 0.6 is 38.9 Å². The van der Waals surface area contributed by atoms with E-state index in [0.717, 1.165) is 16.9 Å². The molecule has 0 saturated carbocycles. The number of hydrogen-bond donors (Lipinski definition) is 2. The largest absolute Gasteiger partial charge is 0.516 e. The number of aryl methyl sites for hydroxylation is 1. The highest BCUT2D eigenvalue weighted by atomic mass is 79.9. The van der Waals surface area contributed by atoms with Crippen LogP contribution in [0.15, 0.2) is 74.4 Å². The summed E-state index contributed by atoms with van der Waals surface area (Å²) in [5, 5.41) is 2.75. The van der Waals surface area contributed by atoms with Crippen molar-refractivity contribution in [3.05, 3.63) is 97.1 Å². The summed E-state index contributed by atoms with van der Waals surface area (Å²) in [7, 11) is -5.67. The summed E-state index contributed by atoms with van der Waals surface area (Å²) in [6.07, 6.45) is 3.42. The average Bonchev–Trinajstić information content (AvgIpc) is 3.67. The van der Waals surface area contributed by atoms with Crippen LogP contribution in [0.3, 0.4) is 0 Å². The molecule has 0 aliphatic heterocycles. The van der Waals surface area contributed by atoms with E-state index in [0.29, 0.717) is 51.9 Å². The summed E-state index contributed by atoms with van der Waals surface area (Å²) in [5.74, 6) is 0.285. The number of sulfonamides is 1. The van der Waals surface area contributed by atoms with Gasteiger partial charge >= 0.3 is 15.5 Å². The number of primary amides is 1. The molecule has 5 aromatic rings. The Bertz CT molecular complexity index is 2020. The van der Waals surface area contributed by atoms with E-state index in [-0.39, 0.29) is 22.2 Å². The van der Waals surface area contributed by atoms with Gasteiger partial charge in [-0.15, -0.1) is 11.3 Å². The lowest BCUT2D eigenvalue weighted by atomic mass is 10.1. The molecule has 3 heterocycles. The molecule has 5 rings (SSSR count). The van der Waals surface area contributed by atoms with E-state index in [9.17, 15) is 26.4 Å². The van der Waals surface area contributed by atoms with E-state index in [2.05, 4.69) is 20.9 Å². The minimum absolute atomic E-state index is 0.110. The second-order valence-corrected chi connectivity index (χ2v) is 13.9. The number of rotatable bonds is 11. The number of aromatic nitrogens is 2. The molecule has 0 atom stereocenters. The molecule has 0 fully saturated rings. The third kappa shape index (κ3) is 6.98. The predicted octanol–water partition coefficient (Wildman–Crippen LogP) is 8.15. The highest BCUT2D eigenvalue weighted by molar-refractivity contribution is 9.10. The predicted molar refractivity (Wildman–Crippen MR) is 173 cm³/mol. The molecule has 2 aromatic carbocycles. The quantitative estimate of drug-likeness (QED) is 0.133. The van der Waals surface area contributed by atoms with Crippen LogP contribution in [-0.4, -0.2) is 29.4 Å². The Morgan fingerprint density at radius 2 is 1.96 bits per heavy atom. The molecule has 0 saturated heterocycles. The van der Waals surface area contributed by atoms with E-state index in [1.807, 2.05) is 41.1 Å². The van der Waals surface area contributed by atoms with Crippen molar-refractivity contribution < 1.29 is 30.8 Å². The minimum Gasteiger partial charge on any atom is -0.455 e. The summed E-state index contributed by atoms with van der Waals surface area (Å²) in [6.45, 7) is 2.33. The second-order valence-electron chi connectivity index (χ2n) is 10.0. The SMILES string of the molecule is CCCc1nc(Cl)c(/C=C(\Cc2cccs2)C(N)=O)n1Cc1ccc2oc(-c3ccccc3NS(=O)(=O)C(F)(F)F)c(Br)c2c1. The van der Waals surface area contributed by atoms with Crippen molar-refractivity contribution in [2.75, 3.05) is 4.72 Å². The number of alkyl halides is 3. The number of benzene rings is 2. The number of furan rings is 1. The second kappa shape index (κ2) is 13.0. The van der Waals surface area contributed by atoms with Crippen molar-refractivity contribution >= 4 is 77.5 Å². The fourth-order valence-corrected chi connectivity index (χ4v) is 6.90. The van der Waals surface area contributed by atoms with Gasteiger partial charge in [-0.1, -0.05) is 42.8 Å². The summed E-state index contributed by atoms with van der Waals surface area (Å²) in [4.78, 5) is 17.9. The number of nitrogens with two attached hydrogens (primary N) is 1. The van der Waals surface area contributed by atoms with E-state index >= 15 is 0 Å². The number of para-hydroxylation sites is 1. The molecule has 0 aliphatic carbocycles. The standard InChI is InChI=1S/C30H25BrClF3N4O4S2/c1-2-6-25-37-28(32)23(15-18(29(36)40)14-19-7-5-12-44-19)39(25)16-17-10-11-24-21(13-17)26(31)27(43-24)20-8-3-4-9-22(20)38-45(41,42)30(33,34)35/h3-5,7-13,15,38H,2,6,14,16H2,1H3,(H2,36,40)/b18-15+. The molecular formula is C30H25BrClF3N4O4S2. The van der Waals surface area contributed by atoms with E-state index in [1.54, 1.807) is 22.9 Å². The number of fused-ring (bicyclic) bond motifs is 1. The zero-order valence-corrected chi connectivity index (χ0v) is 27.5. The molecule has 8 nitrogen and oxygen atoms in total. The number of carbonyl (C=O) groups is 1. The number of thiophene rings is 1.